The second-order valence-corrected chi connectivity index (χ2v) is 8.08. The molecular formula is C25H21F2N5O2. The lowest BCUT2D eigenvalue weighted by Crippen LogP contribution is -2.37. The molecule has 1 amide bonds. The zero-order valence-corrected chi connectivity index (χ0v) is 18.3. The molecule has 0 saturated heterocycles. The summed E-state index contributed by atoms with van der Waals surface area (Å²) in [5, 5.41) is 7.71. The number of benzene rings is 1. The van der Waals surface area contributed by atoms with Crippen LogP contribution in [0.4, 0.5) is 8.78 Å². The minimum absolute atomic E-state index is 0.0704. The Morgan fingerprint density at radius 3 is 2.82 bits per heavy atom. The molecule has 0 radical (unpaired) electrons. The molecule has 0 aliphatic heterocycles. The molecule has 3 aromatic heterocycles. The van der Waals surface area contributed by atoms with E-state index in [4.69, 9.17) is 9.84 Å². The second kappa shape index (κ2) is 9.01. The third-order valence-electron chi connectivity index (χ3n) is 5.72. The number of nitrogens with zero attached hydrogens (tertiary/aromatic N) is 4. The first-order chi connectivity index (χ1) is 16.5. The van der Waals surface area contributed by atoms with Crippen LogP contribution in [0.2, 0.25) is 0 Å². The molecule has 0 saturated carbocycles. The SMILES string of the molecule is COc1ccc2nccc(-n3cc4c(n3)CCC(NC(=O)C=Cc3cc(F)cc(F)c3)C4)c2n1. The van der Waals surface area contributed by atoms with Crippen LogP contribution in [0.25, 0.3) is 22.8 Å². The lowest BCUT2D eigenvalue weighted by atomic mass is 9.93. The molecule has 34 heavy (non-hydrogen) atoms. The summed E-state index contributed by atoms with van der Waals surface area (Å²) in [4.78, 5) is 21.3. The quantitative estimate of drug-likeness (QED) is 0.458. The average molecular weight is 461 g/mol. The Labute approximate surface area is 194 Å². The molecule has 7 nitrogen and oxygen atoms in total. The van der Waals surface area contributed by atoms with Gasteiger partial charge in [0.2, 0.25) is 11.8 Å². The summed E-state index contributed by atoms with van der Waals surface area (Å²) in [6.45, 7) is 0. The van der Waals surface area contributed by atoms with Crippen LogP contribution in [0.5, 0.6) is 5.88 Å². The number of ether oxygens (including phenoxy) is 1. The zero-order valence-electron chi connectivity index (χ0n) is 18.3. The van der Waals surface area contributed by atoms with Gasteiger partial charge in [0.1, 0.15) is 17.2 Å². The van der Waals surface area contributed by atoms with E-state index < -0.39 is 11.6 Å². The summed E-state index contributed by atoms with van der Waals surface area (Å²) in [6.07, 6.45) is 8.43. The summed E-state index contributed by atoms with van der Waals surface area (Å²) in [5.74, 6) is -1.20. The Bertz CT molecular complexity index is 1400. The minimum atomic E-state index is -0.688. The molecule has 1 aliphatic carbocycles. The lowest BCUT2D eigenvalue weighted by molar-refractivity contribution is -0.117. The molecule has 1 N–H and O–H groups in total. The molecule has 1 aromatic carbocycles. The molecule has 1 atom stereocenters. The van der Waals surface area contributed by atoms with Crippen molar-refractivity contribution >= 4 is 23.0 Å². The first-order valence-electron chi connectivity index (χ1n) is 10.8. The van der Waals surface area contributed by atoms with Crippen LogP contribution >= 0.6 is 0 Å². The van der Waals surface area contributed by atoms with E-state index in [1.165, 1.54) is 24.3 Å². The van der Waals surface area contributed by atoms with E-state index >= 15 is 0 Å². The van der Waals surface area contributed by atoms with Gasteiger partial charge in [-0.2, -0.15) is 5.10 Å². The van der Waals surface area contributed by atoms with Crippen LogP contribution in [0.15, 0.2) is 54.9 Å². The standard InChI is InChI=1S/C25H21F2N5O2/c1-34-24-7-5-21-25(30-24)22(8-9-28-21)32-14-16-12-19(3-4-20(16)31-32)29-23(33)6-2-15-10-17(26)13-18(27)11-15/h2,5-11,13-14,19H,3-4,12H2,1H3,(H,29,33). The number of carbonyl (C=O) groups is 1. The highest BCUT2D eigenvalue weighted by Crippen LogP contribution is 2.25. The van der Waals surface area contributed by atoms with Crippen LogP contribution in [0.3, 0.4) is 0 Å². The number of carbonyl (C=O) groups excluding carboxylic acids is 1. The summed E-state index contributed by atoms with van der Waals surface area (Å²) in [6, 6.07) is 8.53. The molecule has 172 valence electrons. The molecule has 1 aliphatic rings. The third kappa shape index (κ3) is 4.50. The van der Waals surface area contributed by atoms with Crippen LogP contribution < -0.4 is 10.1 Å². The van der Waals surface area contributed by atoms with Crippen molar-refractivity contribution in [2.75, 3.05) is 7.11 Å². The number of pyridine rings is 2. The number of rotatable bonds is 5. The summed E-state index contributed by atoms with van der Waals surface area (Å²) < 4.78 is 33.7. The summed E-state index contributed by atoms with van der Waals surface area (Å²) >= 11 is 0. The number of hydrogen-bond acceptors (Lipinski definition) is 5. The monoisotopic (exact) mass is 461 g/mol. The van der Waals surface area contributed by atoms with E-state index in [1.54, 1.807) is 24.1 Å². The van der Waals surface area contributed by atoms with Gasteiger partial charge in [-0.3, -0.25) is 9.78 Å². The number of aromatic nitrogens is 4. The highest BCUT2D eigenvalue weighted by molar-refractivity contribution is 5.92. The predicted molar refractivity (Wildman–Crippen MR) is 123 cm³/mol. The average Bonchev–Trinajstić information content (AvgIpc) is 3.24. The molecule has 3 heterocycles. The van der Waals surface area contributed by atoms with Crippen molar-refractivity contribution in [2.24, 2.45) is 0 Å². The van der Waals surface area contributed by atoms with Crippen LogP contribution in [-0.4, -0.2) is 38.8 Å². The Balaban J connectivity index is 1.31. The number of fused-ring (bicyclic) bond motifs is 2. The number of hydrogen-bond donors (Lipinski definition) is 1. The van der Waals surface area contributed by atoms with Crippen molar-refractivity contribution in [1.82, 2.24) is 25.1 Å². The Morgan fingerprint density at radius 2 is 2.03 bits per heavy atom. The number of aryl methyl sites for hydroxylation is 1. The van der Waals surface area contributed by atoms with Crippen molar-refractivity contribution in [1.29, 1.82) is 0 Å². The summed E-state index contributed by atoms with van der Waals surface area (Å²) in [5.41, 5.74) is 4.52. The van der Waals surface area contributed by atoms with Crippen molar-refractivity contribution in [3.8, 4) is 11.6 Å². The molecule has 0 spiro atoms. The molecule has 9 heteroatoms. The third-order valence-corrected chi connectivity index (χ3v) is 5.72. The maximum absolute atomic E-state index is 13.3. The van der Waals surface area contributed by atoms with Crippen molar-refractivity contribution in [3.05, 3.63) is 83.3 Å². The molecule has 1 unspecified atom stereocenters. The molecule has 0 bridgehead atoms. The smallest absolute Gasteiger partial charge is 0.244 e. The van der Waals surface area contributed by atoms with E-state index in [9.17, 15) is 13.6 Å². The molecular weight excluding hydrogens is 440 g/mol. The van der Waals surface area contributed by atoms with Crippen molar-refractivity contribution in [3.63, 3.8) is 0 Å². The van der Waals surface area contributed by atoms with Crippen molar-refractivity contribution < 1.29 is 18.3 Å². The fourth-order valence-corrected chi connectivity index (χ4v) is 4.14. The Hall–Kier alpha value is -4.14. The normalized spacial score (nSPS) is 15.4. The van der Waals surface area contributed by atoms with Gasteiger partial charge >= 0.3 is 0 Å². The number of halogens is 2. The van der Waals surface area contributed by atoms with Gasteiger partial charge in [-0.05, 0) is 60.7 Å². The Kier molecular flexibility index (Phi) is 5.75. The predicted octanol–water partition coefficient (Wildman–Crippen LogP) is 3.79. The van der Waals surface area contributed by atoms with Crippen LogP contribution in [0.1, 0.15) is 23.2 Å². The molecule has 5 rings (SSSR count). The van der Waals surface area contributed by atoms with Gasteiger partial charge < -0.3 is 10.1 Å². The van der Waals surface area contributed by atoms with Crippen LogP contribution in [0, 0.1) is 11.6 Å². The Morgan fingerprint density at radius 1 is 1.21 bits per heavy atom. The van der Waals surface area contributed by atoms with Gasteiger partial charge in [0.15, 0.2) is 0 Å². The molecule has 4 aromatic rings. The van der Waals surface area contributed by atoms with E-state index in [0.717, 1.165) is 34.9 Å². The van der Waals surface area contributed by atoms with E-state index in [-0.39, 0.29) is 17.5 Å². The fraction of sp³-hybridized carbons (Fsp3) is 0.200. The topological polar surface area (TPSA) is 81.9 Å². The van der Waals surface area contributed by atoms with Gasteiger partial charge in [0.25, 0.3) is 0 Å². The number of amides is 1. The highest BCUT2D eigenvalue weighted by atomic mass is 19.1. The van der Waals surface area contributed by atoms with Crippen LogP contribution in [-0.2, 0) is 17.6 Å². The van der Waals surface area contributed by atoms with Crippen molar-refractivity contribution in [2.45, 2.75) is 25.3 Å². The highest BCUT2D eigenvalue weighted by Gasteiger charge is 2.23. The van der Waals surface area contributed by atoms with Gasteiger partial charge in [-0.15, -0.1) is 0 Å². The lowest BCUT2D eigenvalue weighted by Gasteiger charge is -2.21. The first kappa shape index (κ1) is 21.7. The zero-order chi connectivity index (χ0) is 23.7. The maximum atomic E-state index is 13.3. The van der Waals surface area contributed by atoms with Gasteiger partial charge in [-0.1, -0.05) is 0 Å². The summed E-state index contributed by atoms with van der Waals surface area (Å²) in [7, 11) is 1.57. The molecule has 0 fully saturated rings. The van der Waals surface area contributed by atoms with E-state index in [2.05, 4.69) is 15.3 Å². The first-order valence-corrected chi connectivity index (χ1v) is 10.8. The number of nitrogens with one attached hydrogen (secondary N) is 1. The second-order valence-electron chi connectivity index (χ2n) is 8.08. The van der Waals surface area contributed by atoms with E-state index in [1.807, 2.05) is 18.3 Å². The largest absolute Gasteiger partial charge is 0.481 e. The van der Waals surface area contributed by atoms with Gasteiger partial charge in [0.05, 0.1) is 24.0 Å². The maximum Gasteiger partial charge on any atom is 0.244 e. The van der Waals surface area contributed by atoms with E-state index in [0.29, 0.717) is 24.2 Å². The number of methoxy groups -OCH3 is 1. The minimum Gasteiger partial charge on any atom is -0.481 e. The van der Waals surface area contributed by atoms with Gasteiger partial charge in [0, 0.05) is 36.6 Å². The fourth-order valence-electron chi connectivity index (χ4n) is 4.14. The van der Waals surface area contributed by atoms with Gasteiger partial charge in [-0.25, -0.2) is 18.4 Å².